The molecule has 4 rings (SSSR count). The van der Waals surface area contributed by atoms with Crippen molar-refractivity contribution in [3.63, 3.8) is 0 Å². The number of nitrogens with zero attached hydrogens (tertiary/aromatic N) is 3. The number of ether oxygens (including phenoxy) is 2. The van der Waals surface area contributed by atoms with Gasteiger partial charge in [-0.1, -0.05) is 0 Å². The summed E-state index contributed by atoms with van der Waals surface area (Å²) >= 11 is 1.41. The number of hydrogen-bond donors (Lipinski definition) is 0. The van der Waals surface area contributed by atoms with Crippen LogP contribution in [-0.4, -0.2) is 20.3 Å². The van der Waals surface area contributed by atoms with Crippen molar-refractivity contribution < 1.29 is 18.7 Å². The van der Waals surface area contributed by atoms with Gasteiger partial charge in [0.05, 0.1) is 29.3 Å². The van der Waals surface area contributed by atoms with Gasteiger partial charge in [0, 0.05) is 11.1 Å². The number of fused-ring (bicyclic) bond motifs is 1. The monoisotopic (exact) mass is 397 g/mol. The Balaban J connectivity index is 1.35. The van der Waals surface area contributed by atoms with Crippen LogP contribution < -0.4 is 4.74 Å². The molecule has 4 aromatic rings. The molecule has 0 saturated heterocycles. The summed E-state index contributed by atoms with van der Waals surface area (Å²) in [6.07, 6.45) is 3.39. The largest absolute Gasteiger partial charge is 0.486 e. The highest BCUT2D eigenvalue weighted by Crippen LogP contribution is 2.18. The van der Waals surface area contributed by atoms with Crippen LogP contribution in [0.2, 0.25) is 0 Å². The van der Waals surface area contributed by atoms with E-state index < -0.39 is 5.97 Å². The lowest BCUT2D eigenvalue weighted by Crippen LogP contribution is -2.09. The molecule has 0 aliphatic rings. The number of carbonyl (C=O) groups excluding carboxylic acids is 1. The summed E-state index contributed by atoms with van der Waals surface area (Å²) in [6.45, 7) is 2.19. The van der Waals surface area contributed by atoms with E-state index in [4.69, 9.17) is 9.47 Å². The summed E-state index contributed by atoms with van der Waals surface area (Å²) in [5, 5.41) is 2.56. The number of hydrogen-bond acceptors (Lipinski definition) is 6. The van der Waals surface area contributed by atoms with Crippen LogP contribution in [0.25, 0.3) is 5.52 Å². The molecule has 8 heteroatoms. The second kappa shape index (κ2) is 7.77. The van der Waals surface area contributed by atoms with Gasteiger partial charge in [0.25, 0.3) is 0 Å². The molecule has 6 nitrogen and oxygen atoms in total. The van der Waals surface area contributed by atoms with E-state index in [0.29, 0.717) is 17.0 Å². The zero-order valence-electron chi connectivity index (χ0n) is 15.0. The molecule has 1 aromatic carbocycles. The van der Waals surface area contributed by atoms with Crippen LogP contribution in [0.4, 0.5) is 4.39 Å². The second-order valence-corrected chi connectivity index (χ2v) is 7.01. The van der Waals surface area contributed by atoms with E-state index >= 15 is 0 Å². The van der Waals surface area contributed by atoms with Gasteiger partial charge in [-0.3, -0.25) is 0 Å². The molecule has 0 saturated carbocycles. The summed E-state index contributed by atoms with van der Waals surface area (Å²) in [5.41, 5.74) is 2.82. The van der Waals surface area contributed by atoms with Gasteiger partial charge in [0.1, 0.15) is 29.8 Å². The number of aromatic nitrogens is 3. The molecule has 3 aromatic heterocycles. The van der Waals surface area contributed by atoms with E-state index in [0.717, 1.165) is 16.2 Å². The Labute approximate surface area is 164 Å². The fraction of sp³-hybridized carbons (Fsp3) is 0.150. The summed E-state index contributed by atoms with van der Waals surface area (Å²) in [7, 11) is 0. The van der Waals surface area contributed by atoms with Crippen molar-refractivity contribution in [3.05, 3.63) is 82.1 Å². The van der Waals surface area contributed by atoms with Gasteiger partial charge in [-0.05, 0) is 43.3 Å². The molecule has 0 unspecified atom stereocenters. The second-order valence-electron chi connectivity index (χ2n) is 6.07. The summed E-state index contributed by atoms with van der Waals surface area (Å²) < 4.78 is 25.7. The Bertz CT molecular complexity index is 1120. The van der Waals surface area contributed by atoms with Crippen LogP contribution in [0.3, 0.4) is 0 Å². The third-order valence-corrected chi connectivity index (χ3v) is 5.06. The Morgan fingerprint density at radius 3 is 2.82 bits per heavy atom. The average Bonchev–Trinajstić information content (AvgIpc) is 3.36. The van der Waals surface area contributed by atoms with E-state index in [1.54, 1.807) is 30.7 Å². The van der Waals surface area contributed by atoms with Crippen LogP contribution in [0.5, 0.6) is 5.75 Å². The number of imidazole rings is 1. The van der Waals surface area contributed by atoms with Crippen molar-refractivity contribution in [2.75, 3.05) is 0 Å². The van der Waals surface area contributed by atoms with Crippen LogP contribution in [0.15, 0.2) is 54.3 Å². The van der Waals surface area contributed by atoms with E-state index in [9.17, 15) is 9.18 Å². The number of aryl methyl sites for hydroxylation is 1. The highest BCUT2D eigenvalue weighted by atomic mass is 32.1. The Kier molecular flexibility index (Phi) is 5.03. The van der Waals surface area contributed by atoms with Gasteiger partial charge >= 0.3 is 5.97 Å². The van der Waals surface area contributed by atoms with Gasteiger partial charge in [0.15, 0.2) is 0 Å². The standard InChI is InChI=1S/C20H16FN3O3S/c1-13-18(7-4-16-8-22-12-24(13)16)20(25)27-9-15-11-28-19(23-15)10-26-17-5-2-14(21)3-6-17/h2-8,11-12H,9-10H2,1H3. The van der Waals surface area contributed by atoms with E-state index in [2.05, 4.69) is 9.97 Å². The fourth-order valence-corrected chi connectivity index (χ4v) is 3.41. The maximum absolute atomic E-state index is 12.9. The van der Waals surface area contributed by atoms with Crippen molar-refractivity contribution >= 4 is 22.8 Å². The molecule has 0 amide bonds. The number of pyridine rings is 1. The molecule has 0 aliphatic heterocycles. The summed E-state index contributed by atoms with van der Waals surface area (Å²) in [5.74, 6) is -0.159. The molecule has 28 heavy (non-hydrogen) atoms. The number of thiazole rings is 1. The van der Waals surface area contributed by atoms with E-state index in [1.165, 1.54) is 23.5 Å². The van der Waals surface area contributed by atoms with Crippen LogP contribution in [0, 0.1) is 12.7 Å². The first-order valence-electron chi connectivity index (χ1n) is 8.50. The third kappa shape index (κ3) is 3.86. The molecule has 142 valence electrons. The first-order chi connectivity index (χ1) is 13.6. The predicted molar refractivity (Wildman–Crippen MR) is 102 cm³/mol. The smallest absolute Gasteiger partial charge is 0.340 e. The molecule has 0 bridgehead atoms. The SMILES string of the molecule is Cc1c(C(=O)OCc2csc(COc3ccc(F)cc3)n2)ccc2cncn12. The van der Waals surface area contributed by atoms with Crippen molar-refractivity contribution in [2.24, 2.45) is 0 Å². The topological polar surface area (TPSA) is 65.7 Å². The minimum Gasteiger partial charge on any atom is -0.486 e. The fourth-order valence-electron chi connectivity index (χ4n) is 2.72. The Morgan fingerprint density at radius 2 is 2.00 bits per heavy atom. The summed E-state index contributed by atoms with van der Waals surface area (Å²) in [4.78, 5) is 20.9. The lowest BCUT2D eigenvalue weighted by Gasteiger charge is -2.08. The van der Waals surface area contributed by atoms with Crippen molar-refractivity contribution in [3.8, 4) is 5.75 Å². The van der Waals surface area contributed by atoms with Crippen molar-refractivity contribution in [2.45, 2.75) is 20.1 Å². The first-order valence-corrected chi connectivity index (χ1v) is 9.38. The molecule has 0 aliphatic carbocycles. The number of benzene rings is 1. The third-order valence-electron chi connectivity index (χ3n) is 4.19. The molecule has 0 fully saturated rings. The number of carbonyl (C=O) groups is 1. The first kappa shape index (κ1) is 18.1. The number of rotatable bonds is 6. The van der Waals surface area contributed by atoms with E-state index in [1.807, 2.05) is 22.8 Å². The molecule has 0 N–H and O–H groups in total. The maximum Gasteiger partial charge on any atom is 0.340 e. The molecule has 3 heterocycles. The number of halogens is 1. The lowest BCUT2D eigenvalue weighted by atomic mass is 10.2. The molecule has 0 atom stereocenters. The van der Waals surface area contributed by atoms with Gasteiger partial charge in [-0.15, -0.1) is 11.3 Å². The van der Waals surface area contributed by atoms with Crippen LogP contribution in [0.1, 0.15) is 26.8 Å². The average molecular weight is 397 g/mol. The molecular weight excluding hydrogens is 381 g/mol. The van der Waals surface area contributed by atoms with Gasteiger partial charge < -0.3 is 13.9 Å². The quantitative estimate of drug-likeness (QED) is 0.457. The Morgan fingerprint density at radius 1 is 1.18 bits per heavy atom. The predicted octanol–water partition coefficient (Wildman–Crippen LogP) is 4.17. The minimum absolute atomic E-state index is 0.0767. The molecule has 0 radical (unpaired) electrons. The maximum atomic E-state index is 12.9. The summed E-state index contributed by atoms with van der Waals surface area (Å²) in [6, 6.07) is 9.36. The highest BCUT2D eigenvalue weighted by Gasteiger charge is 2.14. The van der Waals surface area contributed by atoms with Crippen LogP contribution in [-0.2, 0) is 18.0 Å². The number of esters is 1. The minimum atomic E-state index is -0.412. The van der Waals surface area contributed by atoms with E-state index in [-0.39, 0.29) is 19.0 Å². The Hall–Kier alpha value is -3.26. The van der Waals surface area contributed by atoms with Crippen LogP contribution >= 0.6 is 11.3 Å². The lowest BCUT2D eigenvalue weighted by molar-refractivity contribution is 0.0466. The van der Waals surface area contributed by atoms with Gasteiger partial charge in [-0.25, -0.2) is 19.2 Å². The highest BCUT2D eigenvalue weighted by molar-refractivity contribution is 7.09. The van der Waals surface area contributed by atoms with Gasteiger partial charge in [0.2, 0.25) is 0 Å². The van der Waals surface area contributed by atoms with Crippen molar-refractivity contribution in [1.82, 2.24) is 14.4 Å². The molecular formula is C20H16FN3O3S. The zero-order valence-corrected chi connectivity index (χ0v) is 15.8. The molecule has 0 spiro atoms. The normalized spacial score (nSPS) is 10.9. The van der Waals surface area contributed by atoms with Crippen molar-refractivity contribution in [1.29, 1.82) is 0 Å². The van der Waals surface area contributed by atoms with Gasteiger partial charge in [-0.2, -0.15) is 0 Å². The zero-order chi connectivity index (χ0) is 19.5.